The van der Waals surface area contributed by atoms with Gasteiger partial charge in [-0.25, -0.2) is 5.26 Å². The number of hydrogen-bond donors (Lipinski definition) is 3. The largest absolute Gasteiger partial charge is 0.399 e. The first-order valence-corrected chi connectivity index (χ1v) is 12.5. The van der Waals surface area contributed by atoms with Crippen molar-refractivity contribution in [1.82, 2.24) is 10.2 Å². The van der Waals surface area contributed by atoms with Crippen LogP contribution >= 0.6 is 11.6 Å². The summed E-state index contributed by atoms with van der Waals surface area (Å²) in [5, 5.41) is 10.1. The number of rotatable bonds is 13. The number of nitrogen functional groups attached to an aromatic ring is 1. The van der Waals surface area contributed by atoms with Gasteiger partial charge in [-0.15, -0.1) is 0 Å². The van der Waals surface area contributed by atoms with Crippen molar-refractivity contribution in [1.29, 1.82) is 5.26 Å². The molecule has 0 aliphatic carbocycles. The average molecular weight is 512 g/mol. The zero-order chi connectivity index (χ0) is 27.7. The molecule has 1 aromatic carbocycles. The SMILES string of the molecule is C#N.C=C(NC(C)C)C(=O)N(CC/C=C/C/C=C\C(=C/CC)C(C)N)/C(=C(\C)Cl)c1cccc(N)c1. The summed E-state index contributed by atoms with van der Waals surface area (Å²) >= 11 is 6.49. The van der Waals surface area contributed by atoms with E-state index in [0.717, 1.165) is 24.0 Å². The molecule has 0 aromatic heterocycles. The van der Waals surface area contributed by atoms with E-state index in [2.05, 4.69) is 55.8 Å². The lowest BCUT2D eigenvalue weighted by atomic mass is 10.1. The maximum atomic E-state index is 13.3. The Morgan fingerprint density at radius 3 is 2.44 bits per heavy atom. The first-order chi connectivity index (χ1) is 17.1. The molecular weight excluding hydrogens is 470 g/mol. The second kappa shape index (κ2) is 18.1. The third-order valence-corrected chi connectivity index (χ3v) is 5.14. The molecule has 0 saturated heterocycles. The van der Waals surface area contributed by atoms with Gasteiger partial charge in [-0.05, 0) is 64.7 Å². The highest BCUT2D eigenvalue weighted by molar-refractivity contribution is 6.32. The number of hydrogen-bond acceptors (Lipinski definition) is 5. The Hall–Kier alpha value is -3.27. The summed E-state index contributed by atoms with van der Waals surface area (Å²) in [6.07, 6.45) is 12.9. The molecule has 7 heteroatoms. The minimum absolute atomic E-state index is 0.0170. The van der Waals surface area contributed by atoms with E-state index in [0.29, 0.717) is 35.1 Å². The highest BCUT2D eigenvalue weighted by Gasteiger charge is 2.23. The van der Waals surface area contributed by atoms with Gasteiger partial charge in [0.05, 0.1) is 11.4 Å². The topological polar surface area (TPSA) is 108 Å². The Morgan fingerprint density at radius 1 is 1.25 bits per heavy atom. The van der Waals surface area contributed by atoms with Crippen LogP contribution in [0.3, 0.4) is 0 Å². The molecule has 1 atom stereocenters. The Morgan fingerprint density at radius 2 is 1.92 bits per heavy atom. The van der Waals surface area contributed by atoms with Crippen molar-refractivity contribution in [2.75, 3.05) is 12.3 Å². The summed E-state index contributed by atoms with van der Waals surface area (Å²) < 4.78 is 0. The number of nitriles is 1. The quantitative estimate of drug-likeness (QED) is 0.125. The van der Waals surface area contributed by atoms with Gasteiger partial charge in [-0.3, -0.25) is 4.79 Å². The smallest absolute Gasteiger partial charge is 0.273 e. The third kappa shape index (κ3) is 11.9. The summed E-state index contributed by atoms with van der Waals surface area (Å²) in [6, 6.07) is 7.48. The van der Waals surface area contributed by atoms with Gasteiger partial charge in [0.2, 0.25) is 0 Å². The predicted molar refractivity (Wildman–Crippen MR) is 155 cm³/mol. The zero-order valence-electron chi connectivity index (χ0n) is 22.3. The van der Waals surface area contributed by atoms with Crippen LogP contribution in [-0.4, -0.2) is 29.4 Å². The van der Waals surface area contributed by atoms with Gasteiger partial charge < -0.3 is 21.7 Å². The fourth-order valence-electron chi connectivity index (χ4n) is 3.46. The van der Waals surface area contributed by atoms with E-state index in [4.69, 9.17) is 28.3 Å². The number of carbonyl (C=O) groups is 1. The minimum Gasteiger partial charge on any atom is -0.399 e. The van der Waals surface area contributed by atoms with Crippen LogP contribution in [0, 0.1) is 11.8 Å². The second-order valence-corrected chi connectivity index (χ2v) is 9.11. The van der Waals surface area contributed by atoms with Crippen molar-refractivity contribution in [3.8, 4) is 6.57 Å². The van der Waals surface area contributed by atoms with Gasteiger partial charge in [0, 0.05) is 41.5 Å². The highest BCUT2D eigenvalue weighted by atomic mass is 35.5. The molecule has 1 rings (SSSR count). The number of anilines is 1. The molecule has 1 aromatic rings. The van der Waals surface area contributed by atoms with Crippen molar-refractivity contribution >= 4 is 28.9 Å². The third-order valence-electron chi connectivity index (χ3n) is 4.96. The standard InChI is InChI=1S/C28H41ClN4O.CHN/c1-7-14-24(22(5)30)15-11-9-8-10-12-18-33(28(34)23(6)32-20(2)3)27(21(4)29)25-16-13-17-26(31)19-25;1-2/h8,10-11,13-17,19-20,22,32H,6-7,9,12,18,30-31H2,1-5H3;1H/b10-8+,15-11-,24-14+,27-21+;. The number of nitrogens with one attached hydrogen (secondary N) is 1. The number of halogens is 1. The molecule has 6 nitrogen and oxygen atoms in total. The molecule has 36 heavy (non-hydrogen) atoms. The van der Waals surface area contributed by atoms with Crippen LogP contribution < -0.4 is 16.8 Å². The second-order valence-electron chi connectivity index (χ2n) is 8.54. The molecule has 0 aliphatic heterocycles. The van der Waals surface area contributed by atoms with Crippen molar-refractivity contribution < 1.29 is 4.79 Å². The Bertz CT molecular complexity index is 982. The molecular formula is C29H42ClN5O. The van der Waals surface area contributed by atoms with E-state index in [1.54, 1.807) is 17.9 Å². The van der Waals surface area contributed by atoms with Crippen molar-refractivity contribution in [3.05, 3.63) is 83.1 Å². The van der Waals surface area contributed by atoms with Crippen LogP contribution in [0.5, 0.6) is 0 Å². The van der Waals surface area contributed by atoms with Crippen molar-refractivity contribution in [3.63, 3.8) is 0 Å². The molecule has 0 saturated carbocycles. The van der Waals surface area contributed by atoms with E-state index in [9.17, 15) is 4.79 Å². The summed E-state index contributed by atoms with van der Waals surface area (Å²) in [7, 11) is 0. The van der Waals surface area contributed by atoms with Crippen LogP contribution in [0.25, 0.3) is 5.70 Å². The van der Waals surface area contributed by atoms with Crippen molar-refractivity contribution in [2.45, 2.75) is 66.0 Å². The van der Waals surface area contributed by atoms with Gasteiger partial charge in [0.15, 0.2) is 0 Å². The maximum absolute atomic E-state index is 13.3. The fourth-order valence-corrected chi connectivity index (χ4v) is 3.67. The molecule has 1 amide bonds. The number of carbonyl (C=O) groups excluding carboxylic acids is 1. The average Bonchev–Trinajstić information content (AvgIpc) is 2.81. The molecule has 0 bridgehead atoms. The van der Waals surface area contributed by atoms with E-state index < -0.39 is 0 Å². The summed E-state index contributed by atoms with van der Waals surface area (Å²) in [6.45, 7) is 17.7. The van der Waals surface area contributed by atoms with Crippen LogP contribution in [0.1, 0.15) is 59.4 Å². The fraction of sp³-hybridized carbons (Fsp3) is 0.379. The Kier molecular flexibility index (Phi) is 16.4. The predicted octanol–water partition coefficient (Wildman–Crippen LogP) is 6.25. The molecule has 0 spiro atoms. The van der Waals surface area contributed by atoms with E-state index in [1.807, 2.05) is 39.0 Å². The van der Waals surface area contributed by atoms with Crippen LogP contribution in [0.15, 0.2) is 77.5 Å². The molecule has 196 valence electrons. The molecule has 1 unspecified atom stereocenters. The lowest BCUT2D eigenvalue weighted by Crippen LogP contribution is -2.37. The Labute approximate surface area is 222 Å². The number of allylic oxidation sites excluding steroid dienone is 4. The summed E-state index contributed by atoms with van der Waals surface area (Å²) in [4.78, 5) is 15.0. The highest BCUT2D eigenvalue weighted by Crippen LogP contribution is 2.28. The summed E-state index contributed by atoms with van der Waals surface area (Å²) in [5.74, 6) is -0.217. The van der Waals surface area contributed by atoms with Gasteiger partial charge >= 0.3 is 0 Å². The number of nitrogens with zero attached hydrogens (tertiary/aromatic N) is 2. The van der Waals surface area contributed by atoms with Crippen LogP contribution in [0.2, 0.25) is 0 Å². The molecule has 0 aliphatic rings. The van der Waals surface area contributed by atoms with Crippen LogP contribution in [-0.2, 0) is 4.79 Å². The van der Waals surface area contributed by atoms with E-state index in [1.165, 1.54) is 0 Å². The first kappa shape index (κ1) is 32.7. The molecule has 0 fully saturated rings. The van der Waals surface area contributed by atoms with Crippen LogP contribution in [0.4, 0.5) is 5.69 Å². The van der Waals surface area contributed by atoms with E-state index in [-0.39, 0.29) is 18.0 Å². The lowest BCUT2D eigenvalue weighted by molar-refractivity contribution is -0.124. The zero-order valence-corrected chi connectivity index (χ0v) is 23.1. The van der Waals surface area contributed by atoms with Gasteiger partial charge in [0.25, 0.3) is 5.91 Å². The maximum Gasteiger partial charge on any atom is 0.273 e. The molecule has 5 N–H and O–H groups in total. The first-order valence-electron chi connectivity index (χ1n) is 12.1. The summed E-state index contributed by atoms with van der Waals surface area (Å²) in [5.41, 5.74) is 15.5. The Balaban J connectivity index is 0.00000596. The van der Waals surface area contributed by atoms with Gasteiger partial charge in [-0.1, -0.05) is 67.6 Å². The number of amides is 1. The number of nitrogens with two attached hydrogens (primary N) is 2. The van der Waals surface area contributed by atoms with E-state index >= 15 is 0 Å². The van der Waals surface area contributed by atoms with Gasteiger partial charge in [0.1, 0.15) is 0 Å². The lowest BCUT2D eigenvalue weighted by Gasteiger charge is -2.28. The normalized spacial score (nSPS) is 13.2. The van der Waals surface area contributed by atoms with Crippen molar-refractivity contribution in [2.24, 2.45) is 5.73 Å². The molecule has 0 radical (unpaired) electrons. The monoisotopic (exact) mass is 511 g/mol. The number of benzene rings is 1. The molecule has 0 heterocycles. The minimum atomic E-state index is -0.217. The van der Waals surface area contributed by atoms with Gasteiger partial charge in [-0.2, -0.15) is 0 Å².